The van der Waals surface area contributed by atoms with Gasteiger partial charge in [0.1, 0.15) is 11.6 Å². The third kappa shape index (κ3) is 5.97. The molecule has 1 fully saturated rings. The Balaban J connectivity index is 1.50. The van der Waals surface area contributed by atoms with E-state index in [1.54, 1.807) is 24.0 Å². The molecule has 0 spiro atoms. The first-order valence-corrected chi connectivity index (χ1v) is 11.1. The van der Waals surface area contributed by atoms with Crippen LogP contribution in [-0.2, 0) is 9.59 Å². The van der Waals surface area contributed by atoms with Gasteiger partial charge in [0.25, 0.3) is 5.91 Å². The molecule has 0 aliphatic carbocycles. The summed E-state index contributed by atoms with van der Waals surface area (Å²) in [5.74, 6) is 1.35. The number of carbonyl (C=O) groups is 2. The summed E-state index contributed by atoms with van der Waals surface area (Å²) in [6, 6.07) is 9.33. The lowest BCUT2D eigenvalue weighted by Crippen LogP contribution is -2.46. The van der Waals surface area contributed by atoms with E-state index in [2.05, 4.69) is 37.1 Å². The Bertz CT molecular complexity index is 922. The van der Waals surface area contributed by atoms with Gasteiger partial charge in [-0.15, -0.1) is 0 Å². The van der Waals surface area contributed by atoms with Gasteiger partial charge < -0.3 is 15.0 Å². The van der Waals surface area contributed by atoms with E-state index in [0.717, 1.165) is 5.56 Å². The summed E-state index contributed by atoms with van der Waals surface area (Å²) in [5, 5.41) is 3.34. The lowest BCUT2D eigenvalue weighted by Gasteiger charge is -2.33. The molecule has 6 nitrogen and oxygen atoms in total. The standard InChI is InChI=1S/C24H30ClN3O3/c1-15(2)21-7-6-20(13-16(21)3)31-17(4)24(30)28-11-9-18(10-12-28)23(29)27-22-8-5-19(25)14-26-22/h5-8,13-15,17-18H,9-12H2,1-4H3,(H,26,27,29). The number of anilines is 1. The Morgan fingerprint density at radius 1 is 1.16 bits per heavy atom. The van der Waals surface area contributed by atoms with Crippen molar-refractivity contribution in [1.29, 1.82) is 0 Å². The number of aryl methyl sites for hydroxylation is 1. The minimum absolute atomic E-state index is 0.0520. The van der Waals surface area contributed by atoms with Crippen molar-refractivity contribution in [3.63, 3.8) is 0 Å². The second-order valence-electron chi connectivity index (χ2n) is 8.38. The minimum atomic E-state index is -0.576. The molecule has 1 N–H and O–H groups in total. The van der Waals surface area contributed by atoms with Crippen molar-refractivity contribution in [2.75, 3.05) is 18.4 Å². The first kappa shape index (κ1) is 23.1. The van der Waals surface area contributed by atoms with Crippen LogP contribution in [-0.4, -0.2) is 40.9 Å². The lowest BCUT2D eigenvalue weighted by atomic mass is 9.95. The molecule has 0 bridgehead atoms. The summed E-state index contributed by atoms with van der Waals surface area (Å²) in [4.78, 5) is 31.2. The maximum absolute atomic E-state index is 12.8. The zero-order valence-electron chi connectivity index (χ0n) is 18.5. The van der Waals surface area contributed by atoms with Crippen molar-refractivity contribution in [1.82, 2.24) is 9.88 Å². The van der Waals surface area contributed by atoms with Crippen LogP contribution < -0.4 is 10.1 Å². The van der Waals surface area contributed by atoms with Crippen LogP contribution >= 0.6 is 11.6 Å². The van der Waals surface area contributed by atoms with Gasteiger partial charge in [0.2, 0.25) is 5.91 Å². The minimum Gasteiger partial charge on any atom is -0.481 e. The summed E-state index contributed by atoms with van der Waals surface area (Å²) in [5.41, 5.74) is 2.44. The molecule has 166 valence electrons. The van der Waals surface area contributed by atoms with E-state index in [4.69, 9.17) is 16.3 Å². The molecule has 1 aromatic heterocycles. The molecule has 1 saturated heterocycles. The highest BCUT2D eigenvalue weighted by Crippen LogP contribution is 2.25. The molecule has 1 unspecified atom stereocenters. The molecule has 0 radical (unpaired) electrons. The molecule has 0 saturated carbocycles. The molecule has 1 atom stereocenters. The van der Waals surface area contributed by atoms with E-state index in [0.29, 0.717) is 48.4 Å². The van der Waals surface area contributed by atoms with Gasteiger partial charge in [-0.3, -0.25) is 9.59 Å². The van der Waals surface area contributed by atoms with Crippen LogP contribution in [0.1, 0.15) is 50.7 Å². The highest BCUT2D eigenvalue weighted by atomic mass is 35.5. The fraction of sp³-hybridized carbons (Fsp3) is 0.458. The number of piperidine rings is 1. The Morgan fingerprint density at radius 3 is 2.45 bits per heavy atom. The Kier molecular flexibility index (Phi) is 7.55. The van der Waals surface area contributed by atoms with E-state index in [1.165, 1.54) is 11.8 Å². The van der Waals surface area contributed by atoms with Crippen molar-refractivity contribution in [3.8, 4) is 5.75 Å². The molecular formula is C24H30ClN3O3. The highest BCUT2D eigenvalue weighted by molar-refractivity contribution is 6.30. The zero-order chi connectivity index (χ0) is 22.5. The summed E-state index contributed by atoms with van der Waals surface area (Å²) in [7, 11) is 0. The van der Waals surface area contributed by atoms with Gasteiger partial charge in [-0.2, -0.15) is 0 Å². The van der Waals surface area contributed by atoms with Crippen molar-refractivity contribution in [3.05, 3.63) is 52.7 Å². The Labute approximate surface area is 188 Å². The second-order valence-corrected chi connectivity index (χ2v) is 8.82. The third-order valence-electron chi connectivity index (χ3n) is 5.68. The van der Waals surface area contributed by atoms with Crippen LogP contribution in [0.4, 0.5) is 5.82 Å². The number of carbonyl (C=O) groups excluding carboxylic acids is 2. The van der Waals surface area contributed by atoms with Crippen LogP contribution in [0.15, 0.2) is 36.5 Å². The van der Waals surface area contributed by atoms with Crippen LogP contribution in [0.25, 0.3) is 0 Å². The lowest BCUT2D eigenvalue weighted by molar-refractivity contribution is -0.140. The van der Waals surface area contributed by atoms with Crippen molar-refractivity contribution >= 4 is 29.2 Å². The summed E-state index contributed by atoms with van der Waals surface area (Å²) in [6.07, 6.45) is 2.14. The highest BCUT2D eigenvalue weighted by Gasteiger charge is 2.30. The monoisotopic (exact) mass is 443 g/mol. The average molecular weight is 444 g/mol. The van der Waals surface area contributed by atoms with Crippen molar-refractivity contribution in [2.24, 2.45) is 5.92 Å². The molecule has 3 rings (SSSR count). The molecule has 2 heterocycles. The fourth-order valence-electron chi connectivity index (χ4n) is 3.92. The molecule has 1 aliphatic heterocycles. The first-order chi connectivity index (χ1) is 14.7. The number of rotatable bonds is 6. The van der Waals surface area contributed by atoms with Gasteiger partial charge in [0.15, 0.2) is 6.10 Å². The van der Waals surface area contributed by atoms with Crippen molar-refractivity contribution in [2.45, 2.75) is 52.6 Å². The number of benzene rings is 1. The maximum atomic E-state index is 12.8. The maximum Gasteiger partial charge on any atom is 0.263 e. The summed E-state index contributed by atoms with van der Waals surface area (Å²) in [6.45, 7) is 9.22. The van der Waals surface area contributed by atoms with Crippen LogP contribution in [0.3, 0.4) is 0 Å². The number of pyridine rings is 1. The van der Waals surface area contributed by atoms with Gasteiger partial charge in [0.05, 0.1) is 5.02 Å². The smallest absolute Gasteiger partial charge is 0.263 e. The number of nitrogens with zero attached hydrogens (tertiary/aromatic N) is 2. The second kappa shape index (κ2) is 10.1. The van der Waals surface area contributed by atoms with Gasteiger partial charge >= 0.3 is 0 Å². The zero-order valence-corrected chi connectivity index (χ0v) is 19.3. The number of halogens is 1. The molecule has 1 aromatic carbocycles. The van der Waals surface area contributed by atoms with Gasteiger partial charge in [-0.05, 0) is 68.0 Å². The van der Waals surface area contributed by atoms with E-state index in [9.17, 15) is 9.59 Å². The normalized spacial score (nSPS) is 15.6. The number of aromatic nitrogens is 1. The van der Waals surface area contributed by atoms with E-state index < -0.39 is 6.10 Å². The predicted molar refractivity (Wildman–Crippen MR) is 123 cm³/mol. The number of ether oxygens (including phenoxy) is 1. The summed E-state index contributed by atoms with van der Waals surface area (Å²) < 4.78 is 5.92. The quantitative estimate of drug-likeness (QED) is 0.695. The molecule has 31 heavy (non-hydrogen) atoms. The van der Waals surface area contributed by atoms with Gasteiger partial charge in [-0.25, -0.2) is 4.98 Å². The van der Waals surface area contributed by atoms with Gasteiger partial charge in [-0.1, -0.05) is 31.5 Å². The fourth-order valence-corrected chi connectivity index (χ4v) is 4.03. The summed E-state index contributed by atoms with van der Waals surface area (Å²) >= 11 is 5.82. The topological polar surface area (TPSA) is 71.5 Å². The van der Waals surface area contributed by atoms with E-state index >= 15 is 0 Å². The molecule has 1 aliphatic rings. The number of likely N-dealkylation sites (tertiary alicyclic amines) is 1. The van der Waals surface area contributed by atoms with Crippen LogP contribution in [0.2, 0.25) is 5.02 Å². The van der Waals surface area contributed by atoms with Crippen molar-refractivity contribution < 1.29 is 14.3 Å². The SMILES string of the molecule is Cc1cc(OC(C)C(=O)N2CCC(C(=O)Nc3ccc(Cl)cn3)CC2)ccc1C(C)C. The van der Waals surface area contributed by atoms with E-state index in [-0.39, 0.29) is 17.7 Å². The van der Waals surface area contributed by atoms with E-state index in [1.807, 2.05) is 12.1 Å². The average Bonchev–Trinajstić information content (AvgIpc) is 2.74. The van der Waals surface area contributed by atoms with Crippen LogP contribution in [0.5, 0.6) is 5.75 Å². The third-order valence-corrected chi connectivity index (χ3v) is 5.90. The Morgan fingerprint density at radius 2 is 1.87 bits per heavy atom. The first-order valence-electron chi connectivity index (χ1n) is 10.7. The van der Waals surface area contributed by atoms with Crippen LogP contribution in [0, 0.1) is 12.8 Å². The number of hydrogen-bond donors (Lipinski definition) is 1. The largest absolute Gasteiger partial charge is 0.481 e. The Hall–Kier alpha value is -2.60. The molecule has 2 amide bonds. The number of hydrogen-bond acceptors (Lipinski definition) is 4. The van der Waals surface area contributed by atoms with Gasteiger partial charge in [0, 0.05) is 25.2 Å². The number of amides is 2. The molecule has 7 heteroatoms. The number of nitrogens with one attached hydrogen (secondary N) is 1. The molecule has 2 aromatic rings. The predicted octanol–water partition coefficient (Wildman–Crippen LogP) is 4.81. The molecular weight excluding hydrogens is 414 g/mol.